The van der Waals surface area contributed by atoms with Crippen LogP contribution < -0.4 is 4.90 Å². The third-order valence-corrected chi connectivity index (χ3v) is 3.51. The first-order valence-electron chi connectivity index (χ1n) is 6.36. The van der Waals surface area contributed by atoms with Crippen molar-refractivity contribution in [2.45, 2.75) is 32.1 Å². The van der Waals surface area contributed by atoms with Crippen LogP contribution in [-0.4, -0.2) is 17.9 Å². The summed E-state index contributed by atoms with van der Waals surface area (Å²) in [6.45, 7) is 0. The minimum absolute atomic E-state index is 0.140. The van der Waals surface area contributed by atoms with Gasteiger partial charge in [0.05, 0.1) is 5.56 Å². The Morgan fingerprint density at radius 1 is 1.39 bits per heavy atom. The molecule has 1 heterocycles. The van der Waals surface area contributed by atoms with Crippen LogP contribution in [0.25, 0.3) is 0 Å². The molecule has 1 aromatic heterocycles. The van der Waals surface area contributed by atoms with Crippen LogP contribution in [0.15, 0.2) is 18.3 Å². The maximum absolute atomic E-state index is 12.3. The molecule has 4 heteroatoms. The Hall–Kier alpha value is -1.89. The summed E-state index contributed by atoms with van der Waals surface area (Å²) >= 11 is 0. The molecule has 4 nitrogen and oxygen atoms in total. The van der Waals surface area contributed by atoms with E-state index in [1.165, 1.54) is 12.6 Å². The average Bonchev–Trinajstić information content (AvgIpc) is 2.47. The van der Waals surface area contributed by atoms with Crippen LogP contribution in [0.3, 0.4) is 0 Å². The van der Waals surface area contributed by atoms with Gasteiger partial charge in [-0.05, 0) is 25.0 Å². The van der Waals surface area contributed by atoms with Crippen LogP contribution >= 0.6 is 0 Å². The number of hydrogen-bond donors (Lipinski definition) is 0. The summed E-state index contributed by atoms with van der Waals surface area (Å²) < 4.78 is 0. The van der Waals surface area contributed by atoms with E-state index >= 15 is 0 Å². The molecule has 0 bridgehead atoms. The van der Waals surface area contributed by atoms with Gasteiger partial charge >= 0.3 is 0 Å². The molecule has 18 heavy (non-hydrogen) atoms. The lowest BCUT2D eigenvalue weighted by molar-refractivity contribution is -0.123. The molecule has 0 aromatic carbocycles. The molecule has 0 N–H and O–H groups in total. The minimum atomic E-state index is 0.140. The average molecular weight is 243 g/mol. The molecule has 2 rings (SSSR count). The number of hydrogen-bond acceptors (Lipinski definition) is 3. The Labute approximate surface area is 107 Å². The number of aromatic nitrogens is 1. The van der Waals surface area contributed by atoms with Crippen molar-refractivity contribution < 1.29 is 4.79 Å². The molecule has 0 spiro atoms. The van der Waals surface area contributed by atoms with Crippen molar-refractivity contribution in [2.75, 3.05) is 11.9 Å². The van der Waals surface area contributed by atoms with Crippen molar-refractivity contribution in [3.63, 3.8) is 0 Å². The van der Waals surface area contributed by atoms with E-state index in [1.54, 1.807) is 24.1 Å². The summed E-state index contributed by atoms with van der Waals surface area (Å²) in [5.74, 6) is 0.901. The second-order valence-electron chi connectivity index (χ2n) is 4.75. The Bertz CT molecular complexity index is 455. The van der Waals surface area contributed by atoms with Gasteiger partial charge in [-0.15, -0.1) is 0 Å². The number of carbonyl (C=O) groups is 1. The Balaban J connectivity index is 2.07. The normalized spacial score (nSPS) is 16.0. The third kappa shape index (κ3) is 2.67. The second kappa shape index (κ2) is 5.63. The zero-order valence-electron chi connectivity index (χ0n) is 10.6. The van der Waals surface area contributed by atoms with Crippen LogP contribution in [0.2, 0.25) is 0 Å². The first kappa shape index (κ1) is 12.6. The van der Waals surface area contributed by atoms with Gasteiger partial charge in [0.1, 0.15) is 11.9 Å². The molecule has 1 aliphatic rings. The monoisotopic (exact) mass is 243 g/mol. The molecule has 0 unspecified atom stereocenters. The summed E-state index contributed by atoms with van der Waals surface area (Å²) in [5, 5.41) is 8.71. The van der Waals surface area contributed by atoms with E-state index in [0.29, 0.717) is 11.4 Å². The number of carbonyl (C=O) groups excluding carboxylic acids is 1. The standard InChI is InChI=1S/C14H17N3O/c1-17(13-8-7-11(9-15)10-16-13)14(18)12-5-3-2-4-6-12/h7-8,10,12H,2-6H2,1H3. The highest BCUT2D eigenvalue weighted by atomic mass is 16.2. The van der Waals surface area contributed by atoms with Crippen molar-refractivity contribution in [1.29, 1.82) is 5.26 Å². The molecule has 1 aliphatic carbocycles. The predicted octanol–water partition coefficient (Wildman–Crippen LogP) is 2.50. The highest BCUT2D eigenvalue weighted by Gasteiger charge is 2.25. The molecule has 94 valence electrons. The van der Waals surface area contributed by atoms with Gasteiger partial charge in [0.2, 0.25) is 5.91 Å². The smallest absolute Gasteiger partial charge is 0.230 e. The molecule has 0 saturated heterocycles. The van der Waals surface area contributed by atoms with Crippen molar-refractivity contribution in [1.82, 2.24) is 4.98 Å². The zero-order chi connectivity index (χ0) is 13.0. The number of nitriles is 1. The number of anilines is 1. The molecule has 1 fully saturated rings. The highest BCUT2D eigenvalue weighted by Crippen LogP contribution is 2.26. The third-order valence-electron chi connectivity index (χ3n) is 3.51. The fraction of sp³-hybridized carbons (Fsp3) is 0.500. The molecule has 0 atom stereocenters. The second-order valence-corrected chi connectivity index (χ2v) is 4.75. The topological polar surface area (TPSA) is 57.0 Å². The van der Waals surface area contributed by atoms with E-state index in [9.17, 15) is 4.79 Å². The molecule has 0 aliphatic heterocycles. The first-order chi connectivity index (χ1) is 8.72. The van der Waals surface area contributed by atoms with Crippen LogP contribution in [0, 0.1) is 17.2 Å². The Kier molecular flexibility index (Phi) is 3.93. The van der Waals surface area contributed by atoms with Gasteiger partial charge in [-0.25, -0.2) is 4.98 Å². The van der Waals surface area contributed by atoms with E-state index < -0.39 is 0 Å². The lowest BCUT2D eigenvalue weighted by atomic mass is 9.88. The van der Waals surface area contributed by atoms with Gasteiger partial charge in [0.25, 0.3) is 0 Å². The van der Waals surface area contributed by atoms with Gasteiger partial charge in [0, 0.05) is 19.2 Å². The summed E-state index contributed by atoms with van der Waals surface area (Å²) in [5.41, 5.74) is 0.511. The maximum Gasteiger partial charge on any atom is 0.230 e. The van der Waals surface area contributed by atoms with Crippen molar-refractivity contribution >= 4 is 11.7 Å². The summed E-state index contributed by atoms with van der Waals surface area (Å²) in [6.07, 6.45) is 7.00. The van der Waals surface area contributed by atoms with Gasteiger partial charge in [0.15, 0.2) is 0 Å². The molecule has 0 radical (unpaired) electrons. The summed E-state index contributed by atoms with van der Waals surface area (Å²) in [6, 6.07) is 5.43. The molecule has 1 amide bonds. The van der Waals surface area contributed by atoms with Crippen molar-refractivity contribution in [3.05, 3.63) is 23.9 Å². The first-order valence-corrected chi connectivity index (χ1v) is 6.36. The van der Waals surface area contributed by atoms with E-state index in [-0.39, 0.29) is 11.8 Å². The molecule has 1 aromatic rings. The predicted molar refractivity (Wildman–Crippen MR) is 68.9 cm³/mol. The van der Waals surface area contributed by atoms with Crippen LogP contribution in [-0.2, 0) is 4.79 Å². The highest BCUT2D eigenvalue weighted by molar-refractivity contribution is 5.93. The van der Waals surface area contributed by atoms with Crippen molar-refractivity contribution in [3.8, 4) is 6.07 Å². The van der Waals surface area contributed by atoms with Crippen LogP contribution in [0.1, 0.15) is 37.7 Å². The summed E-state index contributed by atoms with van der Waals surface area (Å²) in [7, 11) is 1.76. The zero-order valence-corrected chi connectivity index (χ0v) is 10.6. The van der Waals surface area contributed by atoms with E-state index in [0.717, 1.165) is 25.7 Å². The summed E-state index contributed by atoms with van der Waals surface area (Å²) in [4.78, 5) is 18.0. The molecule has 1 saturated carbocycles. The fourth-order valence-corrected chi connectivity index (χ4v) is 2.39. The van der Waals surface area contributed by atoms with Gasteiger partial charge in [-0.2, -0.15) is 5.26 Å². The number of rotatable bonds is 2. The molecular weight excluding hydrogens is 226 g/mol. The van der Waals surface area contributed by atoms with Crippen molar-refractivity contribution in [2.24, 2.45) is 5.92 Å². The molecular formula is C14H17N3O. The lowest BCUT2D eigenvalue weighted by Crippen LogP contribution is -2.34. The van der Waals surface area contributed by atoms with Gasteiger partial charge < -0.3 is 0 Å². The van der Waals surface area contributed by atoms with Gasteiger partial charge in [-0.3, -0.25) is 9.69 Å². The van der Waals surface area contributed by atoms with E-state index in [4.69, 9.17) is 5.26 Å². The Morgan fingerprint density at radius 3 is 2.67 bits per heavy atom. The minimum Gasteiger partial charge on any atom is -0.300 e. The fourth-order valence-electron chi connectivity index (χ4n) is 2.39. The van der Waals surface area contributed by atoms with E-state index in [2.05, 4.69) is 4.98 Å². The quantitative estimate of drug-likeness (QED) is 0.801. The Morgan fingerprint density at radius 2 is 2.11 bits per heavy atom. The van der Waals surface area contributed by atoms with Crippen LogP contribution in [0.5, 0.6) is 0 Å². The largest absolute Gasteiger partial charge is 0.300 e. The SMILES string of the molecule is CN(C(=O)C1CCCCC1)c1ccc(C#N)cn1. The van der Waals surface area contributed by atoms with E-state index in [1.807, 2.05) is 6.07 Å². The van der Waals surface area contributed by atoms with Crippen LogP contribution in [0.4, 0.5) is 5.82 Å². The number of pyridine rings is 1. The lowest BCUT2D eigenvalue weighted by Gasteiger charge is -2.25. The number of nitrogens with zero attached hydrogens (tertiary/aromatic N) is 3. The maximum atomic E-state index is 12.3. The number of amides is 1. The van der Waals surface area contributed by atoms with Gasteiger partial charge in [-0.1, -0.05) is 19.3 Å².